The maximum absolute atomic E-state index is 10.7. The number of aryl methyl sites for hydroxylation is 1. The summed E-state index contributed by atoms with van der Waals surface area (Å²) in [4.78, 5) is 15.4. The highest BCUT2D eigenvalue weighted by molar-refractivity contribution is 6.42. The summed E-state index contributed by atoms with van der Waals surface area (Å²) in [6.45, 7) is 6.81. The molecule has 1 N–H and O–H groups in total. The van der Waals surface area contributed by atoms with E-state index in [0.717, 1.165) is 16.9 Å². The number of nitrogens with zero attached hydrogens (tertiary/aromatic N) is 2. The van der Waals surface area contributed by atoms with Gasteiger partial charge in [-0.25, -0.2) is 4.98 Å². The minimum atomic E-state index is -0.794. The third-order valence-corrected chi connectivity index (χ3v) is 3.96. The van der Waals surface area contributed by atoms with Gasteiger partial charge in [-0.2, -0.15) is 0 Å². The van der Waals surface area contributed by atoms with Crippen LogP contribution in [0.4, 0.5) is 0 Å². The molecule has 6 heteroatoms. The standard InChI is InChI=1S/C15H18Cl2N2O2/c1-15(2,3)14-18-11-7-9(16)10(17)8-12(11)19(14)6-4-5-13(20)21/h7-8H,4-6H2,1-3H3,(H,20,21). The minimum absolute atomic E-state index is 0.130. The normalized spacial score (nSPS) is 12.0. The number of aromatic nitrogens is 2. The van der Waals surface area contributed by atoms with Crippen molar-refractivity contribution >= 4 is 40.2 Å². The first-order valence-electron chi connectivity index (χ1n) is 6.77. The summed E-state index contributed by atoms with van der Waals surface area (Å²) in [6, 6.07) is 3.55. The van der Waals surface area contributed by atoms with Crippen molar-refractivity contribution in [2.24, 2.45) is 0 Å². The largest absolute Gasteiger partial charge is 0.481 e. The third kappa shape index (κ3) is 3.50. The lowest BCUT2D eigenvalue weighted by molar-refractivity contribution is -0.137. The Kier molecular flexibility index (Phi) is 4.49. The fraction of sp³-hybridized carbons (Fsp3) is 0.467. The highest BCUT2D eigenvalue weighted by Crippen LogP contribution is 2.32. The summed E-state index contributed by atoms with van der Waals surface area (Å²) in [5.74, 6) is 0.110. The number of carbonyl (C=O) groups is 1. The van der Waals surface area contributed by atoms with Gasteiger partial charge in [-0.3, -0.25) is 4.79 Å². The molecule has 0 aliphatic carbocycles. The quantitative estimate of drug-likeness (QED) is 0.898. The van der Waals surface area contributed by atoms with Crippen molar-refractivity contribution in [2.45, 2.75) is 45.6 Å². The number of halogens is 2. The van der Waals surface area contributed by atoms with E-state index >= 15 is 0 Å². The van der Waals surface area contributed by atoms with E-state index in [0.29, 0.717) is 23.0 Å². The van der Waals surface area contributed by atoms with Crippen LogP contribution in [0, 0.1) is 0 Å². The smallest absolute Gasteiger partial charge is 0.303 e. The van der Waals surface area contributed by atoms with Crippen LogP contribution in [-0.2, 0) is 16.8 Å². The molecule has 1 heterocycles. The minimum Gasteiger partial charge on any atom is -0.481 e. The molecule has 0 saturated carbocycles. The lowest BCUT2D eigenvalue weighted by atomic mass is 9.95. The van der Waals surface area contributed by atoms with Crippen molar-refractivity contribution < 1.29 is 9.90 Å². The van der Waals surface area contributed by atoms with E-state index in [1.165, 1.54) is 0 Å². The summed E-state index contributed by atoms with van der Waals surface area (Å²) in [5.41, 5.74) is 1.52. The Labute approximate surface area is 133 Å². The van der Waals surface area contributed by atoms with Crippen molar-refractivity contribution in [1.82, 2.24) is 9.55 Å². The number of benzene rings is 1. The first-order chi connectivity index (χ1) is 9.70. The molecule has 2 aromatic rings. The Morgan fingerprint density at radius 3 is 2.48 bits per heavy atom. The van der Waals surface area contributed by atoms with E-state index in [1.54, 1.807) is 12.1 Å². The van der Waals surface area contributed by atoms with Crippen LogP contribution in [0.15, 0.2) is 12.1 Å². The monoisotopic (exact) mass is 328 g/mol. The number of imidazole rings is 1. The zero-order chi connectivity index (χ0) is 15.8. The second kappa shape index (κ2) is 5.85. The van der Waals surface area contributed by atoms with E-state index in [1.807, 2.05) is 4.57 Å². The summed E-state index contributed by atoms with van der Waals surface area (Å²) in [5, 5.41) is 9.75. The highest BCUT2D eigenvalue weighted by Gasteiger charge is 2.23. The van der Waals surface area contributed by atoms with Crippen LogP contribution in [0.1, 0.15) is 39.4 Å². The summed E-state index contributed by atoms with van der Waals surface area (Å²) >= 11 is 12.2. The molecule has 21 heavy (non-hydrogen) atoms. The Morgan fingerprint density at radius 2 is 1.90 bits per heavy atom. The fourth-order valence-corrected chi connectivity index (χ4v) is 2.62. The van der Waals surface area contributed by atoms with Crippen molar-refractivity contribution in [2.75, 3.05) is 0 Å². The topological polar surface area (TPSA) is 55.1 Å². The molecule has 0 spiro atoms. The molecule has 0 unspecified atom stereocenters. The molecule has 0 aliphatic rings. The number of carboxylic acids is 1. The maximum atomic E-state index is 10.7. The number of rotatable bonds is 4. The number of hydrogen-bond donors (Lipinski definition) is 1. The van der Waals surface area contributed by atoms with Gasteiger partial charge in [-0.15, -0.1) is 0 Å². The van der Waals surface area contributed by atoms with Gasteiger partial charge in [-0.05, 0) is 18.6 Å². The van der Waals surface area contributed by atoms with E-state index < -0.39 is 5.97 Å². The summed E-state index contributed by atoms with van der Waals surface area (Å²) < 4.78 is 2.04. The van der Waals surface area contributed by atoms with Crippen molar-refractivity contribution in [3.8, 4) is 0 Å². The van der Waals surface area contributed by atoms with Crippen molar-refractivity contribution in [3.05, 3.63) is 28.0 Å². The van der Waals surface area contributed by atoms with Gasteiger partial charge in [-0.1, -0.05) is 44.0 Å². The highest BCUT2D eigenvalue weighted by atomic mass is 35.5. The van der Waals surface area contributed by atoms with Gasteiger partial charge in [0, 0.05) is 18.4 Å². The van der Waals surface area contributed by atoms with Crippen LogP contribution in [0.25, 0.3) is 11.0 Å². The van der Waals surface area contributed by atoms with E-state index in [-0.39, 0.29) is 11.8 Å². The molecule has 1 aromatic carbocycles. The lowest BCUT2D eigenvalue weighted by Crippen LogP contribution is -2.19. The van der Waals surface area contributed by atoms with Crippen LogP contribution in [0.3, 0.4) is 0 Å². The van der Waals surface area contributed by atoms with Gasteiger partial charge in [0.2, 0.25) is 0 Å². The van der Waals surface area contributed by atoms with Gasteiger partial charge in [0.15, 0.2) is 0 Å². The van der Waals surface area contributed by atoms with Gasteiger partial charge in [0.1, 0.15) is 5.82 Å². The molecule has 0 radical (unpaired) electrons. The van der Waals surface area contributed by atoms with E-state index in [4.69, 9.17) is 28.3 Å². The van der Waals surface area contributed by atoms with Crippen molar-refractivity contribution in [1.29, 1.82) is 0 Å². The predicted molar refractivity (Wildman–Crippen MR) is 85.3 cm³/mol. The number of hydrogen-bond acceptors (Lipinski definition) is 2. The molecule has 1 aromatic heterocycles. The van der Waals surface area contributed by atoms with Gasteiger partial charge >= 0.3 is 5.97 Å². The Balaban J connectivity index is 2.52. The average Bonchev–Trinajstić information content (AvgIpc) is 2.68. The zero-order valence-corrected chi connectivity index (χ0v) is 13.8. The molecular weight excluding hydrogens is 311 g/mol. The SMILES string of the molecule is CC(C)(C)c1nc2cc(Cl)c(Cl)cc2n1CCCC(=O)O. The van der Waals surface area contributed by atoms with Crippen LogP contribution >= 0.6 is 23.2 Å². The number of aliphatic carboxylic acids is 1. The third-order valence-electron chi connectivity index (χ3n) is 3.23. The van der Waals surface area contributed by atoms with Crippen LogP contribution in [0.5, 0.6) is 0 Å². The van der Waals surface area contributed by atoms with Crippen LogP contribution < -0.4 is 0 Å². The second-order valence-corrected chi connectivity index (χ2v) is 6.90. The van der Waals surface area contributed by atoms with Crippen LogP contribution in [0.2, 0.25) is 10.0 Å². The molecule has 0 aliphatic heterocycles. The fourth-order valence-electron chi connectivity index (χ4n) is 2.31. The molecule has 0 amide bonds. The predicted octanol–water partition coefficient (Wildman–Crippen LogP) is 4.51. The van der Waals surface area contributed by atoms with Crippen molar-refractivity contribution in [3.63, 3.8) is 0 Å². The van der Waals surface area contributed by atoms with E-state index in [9.17, 15) is 4.79 Å². The number of fused-ring (bicyclic) bond motifs is 1. The molecule has 0 bridgehead atoms. The molecule has 4 nitrogen and oxygen atoms in total. The average molecular weight is 329 g/mol. The van der Waals surface area contributed by atoms with E-state index in [2.05, 4.69) is 25.8 Å². The van der Waals surface area contributed by atoms with Gasteiger partial charge in [0.05, 0.1) is 21.1 Å². The molecule has 0 fully saturated rings. The molecule has 0 saturated heterocycles. The Morgan fingerprint density at radius 1 is 1.29 bits per heavy atom. The molecular formula is C15H18Cl2N2O2. The summed E-state index contributed by atoms with van der Waals surface area (Å²) in [7, 11) is 0. The molecule has 0 atom stereocenters. The Hall–Kier alpha value is -1.26. The van der Waals surface area contributed by atoms with Crippen LogP contribution in [-0.4, -0.2) is 20.6 Å². The lowest BCUT2D eigenvalue weighted by Gasteiger charge is -2.20. The van der Waals surface area contributed by atoms with Gasteiger partial charge < -0.3 is 9.67 Å². The number of carboxylic acid groups (broad SMARTS) is 1. The molecule has 114 valence electrons. The van der Waals surface area contributed by atoms with Gasteiger partial charge in [0.25, 0.3) is 0 Å². The zero-order valence-electron chi connectivity index (χ0n) is 12.3. The maximum Gasteiger partial charge on any atom is 0.303 e. The first kappa shape index (κ1) is 16.1. The first-order valence-corrected chi connectivity index (χ1v) is 7.53. The Bertz CT molecular complexity index is 687. The molecule has 2 rings (SSSR count). The second-order valence-electron chi connectivity index (χ2n) is 6.09. The summed E-state index contributed by atoms with van der Waals surface area (Å²) in [6.07, 6.45) is 0.675.